The summed E-state index contributed by atoms with van der Waals surface area (Å²) >= 11 is 0. The maximum Gasteiger partial charge on any atom is 0.248 e. The molecule has 0 saturated heterocycles. The minimum Gasteiger partial charge on any atom is -0.381 e. The summed E-state index contributed by atoms with van der Waals surface area (Å²) in [6.45, 7) is 4.18. The highest BCUT2D eigenvalue weighted by atomic mass is 32.2. The van der Waals surface area contributed by atoms with Crippen molar-refractivity contribution < 1.29 is 8.42 Å². The summed E-state index contributed by atoms with van der Waals surface area (Å²) in [4.78, 5) is 4.36. The van der Waals surface area contributed by atoms with Crippen LogP contribution in [0.5, 0.6) is 0 Å². The van der Waals surface area contributed by atoms with Crippen LogP contribution >= 0.6 is 0 Å². The van der Waals surface area contributed by atoms with E-state index >= 15 is 0 Å². The number of sulfonamides is 1. The first-order valence-corrected chi connectivity index (χ1v) is 8.00. The smallest absolute Gasteiger partial charge is 0.248 e. The van der Waals surface area contributed by atoms with Gasteiger partial charge < -0.3 is 5.73 Å². The number of nitrogens with two attached hydrogens (primary N) is 1. The summed E-state index contributed by atoms with van der Waals surface area (Å²) in [5.41, 5.74) is 7.23. The van der Waals surface area contributed by atoms with Crippen molar-refractivity contribution >= 4 is 15.8 Å². The third-order valence-corrected chi connectivity index (χ3v) is 5.01. The Kier molecular flexibility index (Phi) is 4.29. The topological polar surface area (TPSA) is 94.1 Å². The van der Waals surface area contributed by atoms with Gasteiger partial charge in [0.05, 0.1) is 12.2 Å². The van der Waals surface area contributed by atoms with Crippen molar-refractivity contribution in [2.75, 3.05) is 12.3 Å². The molecular weight excluding hydrogens is 290 g/mol. The Morgan fingerprint density at radius 3 is 2.62 bits per heavy atom. The summed E-state index contributed by atoms with van der Waals surface area (Å²) in [6.07, 6.45) is 1.41. The molecule has 8 heteroatoms. The fourth-order valence-electron chi connectivity index (χ4n) is 2.06. The predicted molar refractivity (Wildman–Crippen MR) is 79.9 cm³/mol. The Hall–Kier alpha value is -1.93. The van der Waals surface area contributed by atoms with Crippen LogP contribution in [0.15, 0.2) is 29.3 Å². The molecule has 7 nitrogen and oxygen atoms in total. The lowest BCUT2D eigenvalue weighted by atomic mass is 10.3. The van der Waals surface area contributed by atoms with Crippen LogP contribution in [0.25, 0.3) is 0 Å². The van der Waals surface area contributed by atoms with Crippen LogP contribution in [0, 0.1) is 6.92 Å². The number of nitrogen functional groups attached to an aromatic ring is 1. The highest BCUT2D eigenvalue weighted by molar-refractivity contribution is 7.89. The van der Waals surface area contributed by atoms with Crippen LogP contribution in [0.3, 0.4) is 0 Å². The van der Waals surface area contributed by atoms with Crippen molar-refractivity contribution in [2.45, 2.75) is 25.3 Å². The van der Waals surface area contributed by atoms with Gasteiger partial charge in [0, 0.05) is 25.5 Å². The number of pyridine rings is 1. The maximum atomic E-state index is 12.7. The Labute approximate surface area is 124 Å². The molecule has 0 radical (unpaired) electrons. The quantitative estimate of drug-likeness (QED) is 0.886. The molecule has 114 valence electrons. The van der Waals surface area contributed by atoms with Crippen LogP contribution in [0.4, 0.5) is 5.82 Å². The van der Waals surface area contributed by atoms with E-state index in [9.17, 15) is 8.42 Å². The lowest BCUT2D eigenvalue weighted by Crippen LogP contribution is -2.31. The van der Waals surface area contributed by atoms with E-state index in [0.29, 0.717) is 12.2 Å². The normalized spacial score (nSPS) is 12.0. The molecule has 2 heterocycles. The van der Waals surface area contributed by atoms with Gasteiger partial charge in [-0.25, -0.2) is 8.42 Å². The van der Waals surface area contributed by atoms with E-state index in [0.717, 1.165) is 5.69 Å². The van der Waals surface area contributed by atoms with E-state index in [1.807, 2.05) is 19.1 Å². The molecule has 0 amide bonds. The highest BCUT2D eigenvalue weighted by Gasteiger charge is 2.27. The van der Waals surface area contributed by atoms with Gasteiger partial charge in [-0.15, -0.1) is 0 Å². The monoisotopic (exact) mass is 309 g/mol. The zero-order chi connectivity index (χ0) is 15.6. The fourth-order valence-corrected chi connectivity index (χ4v) is 3.57. The molecule has 0 atom stereocenters. The SMILES string of the molecule is CCN(Cc1cccc(C)n1)S(=O)(=O)c1cn(C)nc1N. The number of hydrogen-bond donors (Lipinski definition) is 1. The van der Waals surface area contributed by atoms with Crippen LogP contribution in [-0.4, -0.2) is 34.0 Å². The minimum absolute atomic E-state index is 0.00755. The molecule has 2 aromatic heterocycles. The van der Waals surface area contributed by atoms with Gasteiger partial charge in [-0.05, 0) is 19.1 Å². The third-order valence-electron chi connectivity index (χ3n) is 3.08. The number of rotatable bonds is 5. The molecule has 2 N–H and O–H groups in total. The lowest BCUT2D eigenvalue weighted by molar-refractivity contribution is 0.419. The second-order valence-corrected chi connectivity index (χ2v) is 6.66. The van der Waals surface area contributed by atoms with E-state index in [4.69, 9.17) is 5.73 Å². The van der Waals surface area contributed by atoms with E-state index in [-0.39, 0.29) is 17.3 Å². The summed E-state index contributed by atoms with van der Waals surface area (Å²) in [5, 5.41) is 3.89. The van der Waals surface area contributed by atoms with Gasteiger partial charge in [-0.3, -0.25) is 9.67 Å². The maximum absolute atomic E-state index is 12.7. The number of anilines is 1. The lowest BCUT2D eigenvalue weighted by Gasteiger charge is -2.19. The molecule has 21 heavy (non-hydrogen) atoms. The fraction of sp³-hybridized carbons (Fsp3) is 0.385. The van der Waals surface area contributed by atoms with Gasteiger partial charge in [0.15, 0.2) is 5.82 Å². The van der Waals surface area contributed by atoms with Crippen LogP contribution in [0.1, 0.15) is 18.3 Å². The Balaban J connectivity index is 2.34. The molecule has 2 rings (SSSR count). The predicted octanol–water partition coefficient (Wildman–Crippen LogP) is 0.917. The number of aryl methyl sites for hydroxylation is 2. The van der Waals surface area contributed by atoms with Crippen molar-refractivity contribution in [2.24, 2.45) is 7.05 Å². The second kappa shape index (κ2) is 5.82. The van der Waals surface area contributed by atoms with Crippen LogP contribution in [-0.2, 0) is 23.6 Å². The summed E-state index contributed by atoms with van der Waals surface area (Å²) in [5.74, 6) is 0.00755. The molecule has 0 bridgehead atoms. The molecule has 0 aromatic carbocycles. The first-order chi connectivity index (χ1) is 9.84. The molecular formula is C13H19N5O2S. The Morgan fingerprint density at radius 1 is 1.38 bits per heavy atom. The van der Waals surface area contributed by atoms with E-state index < -0.39 is 10.0 Å². The summed E-state index contributed by atoms with van der Waals surface area (Å²) in [7, 11) is -2.05. The largest absolute Gasteiger partial charge is 0.381 e. The summed E-state index contributed by atoms with van der Waals surface area (Å²) < 4.78 is 28.0. The molecule has 0 fully saturated rings. The Bertz CT molecular complexity index is 739. The van der Waals surface area contributed by atoms with Gasteiger partial charge in [-0.1, -0.05) is 13.0 Å². The Morgan fingerprint density at radius 2 is 2.10 bits per heavy atom. The van der Waals surface area contributed by atoms with Gasteiger partial charge in [0.2, 0.25) is 10.0 Å². The van der Waals surface area contributed by atoms with Crippen LogP contribution in [0.2, 0.25) is 0 Å². The highest BCUT2D eigenvalue weighted by Crippen LogP contribution is 2.22. The average Bonchev–Trinajstić information content (AvgIpc) is 2.75. The van der Waals surface area contributed by atoms with Crippen LogP contribution < -0.4 is 5.73 Å². The van der Waals surface area contributed by atoms with Crippen molar-refractivity contribution in [1.82, 2.24) is 19.1 Å². The van der Waals surface area contributed by atoms with Gasteiger partial charge in [0.1, 0.15) is 4.90 Å². The van der Waals surface area contributed by atoms with Gasteiger partial charge >= 0.3 is 0 Å². The molecule has 0 spiro atoms. The van der Waals surface area contributed by atoms with Crippen molar-refractivity contribution in [3.05, 3.63) is 35.8 Å². The van der Waals surface area contributed by atoms with E-state index in [2.05, 4.69) is 10.1 Å². The first-order valence-electron chi connectivity index (χ1n) is 6.56. The molecule has 2 aromatic rings. The van der Waals surface area contributed by atoms with Crippen molar-refractivity contribution in [3.8, 4) is 0 Å². The van der Waals surface area contributed by atoms with Crippen molar-refractivity contribution in [3.63, 3.8) is 0 Å². The number of aromatic nitrogens is 3. The van der Waals surface area contributed by atoms with Crippen molar-refractivity contribution in [1.29, 1.82) is 0 Å². The molecule has 0 aliphatic heterocycles. The minimum atomic E-state index is -3.69. The molecule has 0 unspecified atom stereocenters. The van der Waals surface area contributed by atoms with Gasteiger partial charge in [-0.2, -0.15) is 9.40 Å². The zero-order valence-corrected chi connectivity index (χ0v) is 13.1. The molecule has 0 saturated carbocycles. The van der Waals surface area contributed by atoms with E-state index in [1.54, 1.807) is 20.0 Å². The zero-order valence-electron chi connectivity index (χ0n) is 12.3. The standard InChI is InChI=1S/C13H19N5O2S/c1-4-18(8-11-7-5-6-10(2)15-11)21(19,20)12-9-17(3)16-13(12)14/h5-7,9H,4,8H2,1-3H3,(H2,14,16). The first kappa shape index (κ1) is 15.5. The summed E-state index contributed by atoms with van der Waals surface area (Å²) in [6, 6.07) is 5.53. The molecule has 0 aliphatic carbocycles. The third kappa shape index (κ3) is 3.22. The number of hydrogen-bond acceptors (Lipinski definition) is 5. The number of nitrogens with zero attached hydrogens (tertiary/aromatic N) is 4. The van der Waals surface area contributed by atoms with Gasteiger partial charge in [0.25, 0.3) is 0 Å². The molecule has 0 aliphatic rings. The second-order valence-electron chi connectivity index (χ2n) is 4.75. The average molecular weight is 309 g/mol. The van der Waals surface area contributed by atoms with E-state index in [1.165, 1.54) is 15.2 Å².